The van der Waals surface area contributed by atoms with Gasteiger partial charge in [0.25, 0.3) is 0 Å². The van der Waals surface area contributed by atoms with E-state index in [2.05, 4.69) is 6.58 Å². The summed E-state index contributed by atoms with van der Waals surface area (Å²) in [6, 6.07) is 0. The highest BCUT2D eigenvalue weighted by molar-refractivity contribution is 5.86. The van der Waals surface area contributed by atoms with Crippen LogP contribution in [0.5, 0.6) is 0 Å². The summed E-state index contributed by atoms with van der Waals surface area (Å²) in [5.74, 6) is -0.814. The van der Waals surface area contributed by atoms with Crippen molar-refractivity contribution in [2.75, 3.05) is 39.6 Å². The number of aliphatic hydroxyl groups excluding tert-OH is 1. The highest BCUT2D eigenvalue weighted by atomic mass is 16.6. The molecule has 1 N–H and O–H groups in total. The highest BCUT2D eigenvalue weighted by Gasteiger charge is 2.11. The Balaban J connectivity index is 3.40. The molecule has 2 unspecified atom stereocenters. The molecule has 0 aliphatic carbocycles. The number of aliphatic hydroxyl groups is 1. The Labute approximate surface area is 143 Å². The Morgan fingerprint density at radius 3 is 2.21 bits per heavy atom. The third-order valence-electron chi connectivity index (χ3n) is 3.21. The van der Waals surface area contributed by atoms with Crippen LogP contribution in [0.1, 0.15) is 33.6 Å². The van der Waals surface area contributed by atoms with E-state index < -0.39 is 12.1 Å². The third-order valence-corrected chi connectivity index (χ3v) is 3.21. The summed E-state index contributed by atoms with van der Waals surface area (Å²) >= 11 is 0. The lowest BCUT2D eigenvalue weighted by atomic mass is 10.1. The van der Waals surface area contributed by atoms with E-state index in [0.717, 1.165) is 6.42 Å². The first-order chi connectivity index (χ1) is 11.4. The number of esters is 2. The molecule has 0 spiro atoms. The van der Waals surface area contributed by atoms with Gasteiger partial charge in [-0.3, -0.25) is 4.79 Å². The van der Waals surface area contributed by atoms with Crippen LogP contribution in [-0.2, 0) is 28.5 Å². The summed E-state index contributed by atoms with van der Waals surface area (Å²) in [5.41, 5.74) is 0.297. The SMILES string of the molecule is C=C(C)C(=O)OCC(O)CCOCCOCCOC(=O)C(C)CC. The maximum atomic E-state index is 11.4. The molecule has 0 aromatic heterocycles. The number of carbonyl (C=O) groups is 2. The quantitative estimate of drug-likeness (QED) is 0.289. The van der Waals surface area contributed by atoms with E-state index in [4.69, 9.17) is 18.9 Å². The summed E-state index contributed by atoms with van der Waals surface area (Å²) in [4.78, 5) is 22.5. The minimum atomic E-state index is -0.769. The van der Waals surface area contributed by atoms with Gasteiger partial charge in [0, 0.05) is 12.2 Å². The van der Waals surface area contributed by atoms with Crippen LogP contribution in [0, 0.1) is 5.92 Å². The number of hydrogen-bond donors (Lipinski definition) is 1. The fourth-order valence-electron chi connectivity index (χ4n) is 1.43. The van der Waals surface area contributed by atoms with Crippen molar-refractivity contribution in [3.8, 4) is 0 Å². The molecule has 24 heavy (non-hydrogen) atoms. The maximum absolute atomic E-state index is 11.4. The molecule has 0 aliphatic heterocycles. The molecule has 0 bridgehead atoms. The predicted molar refractivity (Wildman–Crippen MR) is 88.4 cm³/mol. The highest BCUT2D eigenvalue weighted by Crippen LogP contribution is 2.02. The van der Waals surface area contributed by atoms with Crippen molar-refractivity contribution in [2.45, 2.75) is 39.7 Å². The van der Waals surface area contributed by atoms with Crippen molar-refractivity contribution >= 4 is 11.9 Å². The molecule has 0 saturated carbocycles. The van der Waals surface area contributed by atoms with Gasteiger partial charge in [0.1, 0.15) is 13.2 Å². The smallest absolute Gasteiger partial charge is 0.333 e. The summed E-state index contributed by atoms with van der Waals surface area (Å²) in [6.45, 7) is 10.3. The topological polar surface area (TPSA) is 91.3 Å². The molecule has 0 saturated heterocycles. The van der Waals surface area contributed by atoms with Crippen molar-refractivity contribution in [2.24, 2.45) is 5.92 Å². The van der Waals surface area contributed by atoms with Crippen LogP contribution in [0.25, 0.3) is 0 Å². The lowest BCUT2D eigenvalue weighted by Gasteiger charge is -2.12. The molecular formula is C17H30O7. The summed E-state index contributed by atoms with van der Waals surface area (Å²) in [5, 5.41) is 9.60. The molecule has 7 nitrogen and oxygen atoms in total. The van der Waals surface area contributed by atoms with E-state index >= 15 is 0 Å². The van der Waals surface area contributed by atoms with Gasteiger partial charge in [0.2, 0.25) is 0 Å². The molecule has 0 amide bonds. The van der Waals surface area contributed by atoms with E-state index in [9.17, 15) is 14.7 Å². The van der Waals surface area contributed by atoms with Crippen LogP contribution in [0.3, 0.4) is 0 Å². The number of ether oxygens (including phenoxy) is 4. The zero-order valence-corrected chi connectivity index (χ0v) is 14.9. The summed E-state index contributed by atoms with van der Waals surface area (Å²) < 4.78 is 20.4. The fourth-order valence-corrected chi connectivity index (χ4v) is 1.43. The lowest BCUT2D eigenvalue weighted by Crippen LogP contribution is -2.21. The number of carbonyl (C=O) groups excluding carboxylic acids is 2. The molecule has 140 valence electrons. The largest absolute Gasteiger partial charge is 0.463 e. The minimum Gasteiger partial charge on any atom is -0.463 e. The van der Waals surface area contributed by atoms with Gasteiger partial charge in [-0.25, -0.2) is 4.79 Å². The van der Waals surface area contributed by atoms with E-state index in [-0.39, 0.29) is 25.1 Å². The Kier molecular flexibility index (Phi) is 13.1. The van der Waals surface area contributed by atoms with Crippen molar-refractivity contribution in [3.05, 3.63) is 12.2 Å². The normalized spacial score (nSPS) is 13.2. The van der Waals surface area contributed by atoms with E-state index in [1.54, 1.807) is 6.92 Å². The van der Waals surface area contributed by atoms with Crippen molar-refractivity contribution in [1.82, 2.24) is 0 Å². The number of hydrogen-bond acceptors (Lipinski definition) is 7. The molecule has 0 aromatic rings. The van der Waals surface area contributed by atoms with E-state index in [0.29, 0.717) is 38.4 Å². The first-order valence-corrected chi connectivity index (χ1v) is 8.21. The molecule has 0 fully saturated rings. The van der Waals surface area contributed by atoms with Crippen molar-refractivity contribution in [1.29, 1.82) is 0 Å². The van der Waals surface area contributed by atoms with Gasteiger partial charge in [0.15, 0.2) is 0 Å². The second-order valence-corrected chi connectivity index (χ2v) is 5.52. The van der Waals surface area contributed by atoms with E-state index in [1.165, 1.54) is 0 Å². The van der Waals surface area contributed by atoms with Crippen LogP contribution in [0.4, 0.5) is 0 Å². The van der Waals surface area contributed by atoms with Gasteiger partial charge in [-0.15, -0.1) is 0 Å². The van der Waals surface area contributed by atoms with Gasteiger partial charge in [0.05, 0.1) is 31.8 Å². The Bertz CT molecular complexity index is 381. The first kappa shape index (κ1) is 22.6. The van der Waals surface area contributed by atoms with Gasteiger partial charge >= 0.3 is 11.9 Å². The molecule has 0 aliphatic rings. The van der Waals surface area contributed by atoms with E-state index in [1.807, 2.05) is 13.8 Å². The second kappa shape index (κ2) is 13.9. The predicted octanol–water partition coefficient (Wildman–Crippen LogP) is 1.48. The first-order valence-electron chi connectivity index (χ1n) is 8.21. The summed E-state index contributed by atoms with van der Waals surface area (Å²) in [6.07, 6.45) is 0.344. The standard InChI is InChI=1S/C17H30O7/c1-5-14(4)17(20)23-11-10-22-9-8-21-7-6-15(18)12-24-16(19)13(2)3/h14-15,18H,2,5-12H2,1,3-4H3. The molecular weight excluding hydrogens is 316 g/mol. The third kappa shape index (κ3) is 12.0. The number of rotatable bonds is 14. The van der Waals surface area contributed by atoms with Gasteiger partial charge in [-0.2, -0.15) is 0 Å². The second-order valence-electron chi connectivity index (χ2n) is 5.52. The zero-order chi connectivity index (χ0) is 18.4. The molecule has 0 heterocycles. The molecule has 2 atom stereocenters. The Morgan fingerprint density at radius 2 is 1.62 bits per heavy atom. The monoisotopic (exact) mass is 346 g/mol. The van der Waals surface area contributed by atoms with Gasteiger partial charge in [-0.1, -0.05) is 20.4 Å². The van der Waals surface area contributed by atoms with Crippen LogP contribution >= 0.6 is 0 Å². The van der Waals surface area contributed by atoms with Gasteiger partial charge < -0.3 is 24.1 Å². The average Bonchev–Trinajstić information content (AvgIpc) is 2.56. The fraction of sp³-hybridized carbons (Fsp3) is 0.765. The zero-order valence-electron chi connectivity index (χ0n) is 14.9. The van der Waals surface area contributed by atoms with Crippen LogP contribution in [0.15, 0.2) is 12.2 Å². The summed E-state index contributed by atoms with van der Waals surface area (Å²) in [7, 11) is 0. The van der Waals surface area contributed by atoms with Crippen molar-refractivity contribution < 1.29 is 33.6 Å². The average molecular weight is 346 g/mol. The maximum Gasteiger partial charge on any atom is 0.333 e. The molecule has 7 heteroatoms. The van der Waals surface area contributed by atoms with Gasteiger partial charge in [-0.05, 0) is 19.8 Å². The molecule has 0 aromatic carbocycles. The van der Waals surface area contributed by atoms with Crippen LogP contribution in [0.2, 0.25) is 0 Å². The van der Waals surface area contributed by atoms with Crippen LogP contribution < -0.4 is 0 Å². The molecule has 0 rings (SSSR count). The lowest BCUT2D eigenvalue weighted by molar-refractivity contribution is -0.149. The molecule has 0 radical (unpaired) electrons. The van der Waals surface area contributed by atoms with Crippen molar-refractivity contribution in [3.63, 3.8) is 0 Å². The Hall–Kier alpha value is -1.44. The Morgan fingerprint density at radius 1 is 1.04 bits per heavy atom. The minimum absolute atomic E-state index is 0.0763. The van der Waals surface area contributed by atoms with Crippen LogP contribution in [-0.4, -0.2) is 62.8 Å².